The van der Waals surface area contributed by atoms with E-state index in [1.807, 2.05) is 17.8 Å². The second-order valence-electron chi connectivity index (χ2n) is 4.22. The van der Waals surface area contributed by atoms with Crippen molar-refractivity contribution in [1.82, 2.24) is 5.32 Å². The number of hydrogen-bond donors (Lipinski definition) is 1. The number of nitrogens with one attached hydrogen (secondary N) is 1. The Bertz CT molecular complexity index is 317. The van der Waals surface area contributed by atoms with Crippen molar-refractivity contribution in [2.75, 3.05) is 24.7 Å². The van der Waals surface area contributed by atoms with Crippen molar-refractivity contribution in [2.24, 2.45) is 0 Å². The van der Waals surface area contributed by atoms with Crippen LogP contribution in [-0.2, 0) is 6.54 Å². The molecular weight excluding hydrogens is 242 g/mol. The van der Waals surface area contributed by atoms with E-state index in [9.17, 15) is 0 Å². The fourth-order valence-corrected chi connectivity index (χ4v) is 2.26. The van der Waals surface area contributed by atoms with Gasteiger partial charge in [-0.15, -0.1) is 0 Å². The summed E-state index contributed by atoms with van der Waals surface area (Å²) < 4.78 is 5.76. The smallest absolute Gasteiger partial charge is 0.119 e. The molecule has 0 saturated carbocycles. The lowest BCUT2D eigenvalue weighted by molar-refractivity contribution is 0.318. The van der Waals surface area contributed by atoms with Gasteiger partial charge in [-0.25, -0.2) is 0 Å². The first kappa shape index (κ1) is 15.4. The quantitative estimate of drug-likeness (QED) is 0.653. The third-order valence-corrected chi connectivity index (χ3v) is 3.55. The number of thioether (sulfide) groups is 1. The molecule has 3 heteroatoms. The Morgan fingerprint density at radius 1 is 1.28 bits per heavy atom. The summed E-state index contributed by atoms with van der Waals surface area (Å²) in [6, 6.07) is 8.38. The van der Waals surface area contributed by atoms with Crippen LogP contribution in [0.1, 0.15) is 32.3 Å². The maximum atomic E-state index is 5.76. The van der Waals surface area contributed by atoms with E-state index < -0.39 is 0 Å². The molecule has 0 radical (unpaired) electrons. The number of hydrogen-bond acceptors (Lipinski definition) is 3. The minimum absolute atomic E-state index is 0.818. The van der Waals surface area contributed by atoms with Crippen LogP contribution in [0.3, 0.4) is 0 Å². The fraction of sp³-hybridized carbons (Fsp3) is 0.600. The van der Waals surface area contributed by atoms with E-state index in [0.29, 0.717) is 0 Å². The van der Waals surface area contributed by atoms with Crippen molar-refractivity contribution in [3.05, 3.63) is 29.8 Å². The van der Waals surface area contributed by atoms with Gasteiger partial charge in [0.2, 0.25) is 0 Å². The Kier molecular flexibility index (Phi) is 8.78. The monoisotopic (exact) mass is 267 g/mol. The van der Waals surface area contributed by atoms with E-state index >= 15 is 0 Å². The fourth-order valence-electron chi connectivity index (χ4n) is 1.65. The van der Waals surface area contributed by atoms with Gasteiger partial charge in [0, 0.05) is 6.54 Å². The second-order valence-corrected chi connectivity index (χ2v) is 5.62. The highest BCUT2D eigenvalue weighted by atomic mass is 32.2. The van der Waals surface area contributed by atoms with Gasteiger partial charge in [0.1, 0.15) is 5.75 Å². The van der Waals surface area contributed by atoms with Crippen molar-refractivity contribution < 1.29 is 4.74 Å². The van der Waals surface area contributed by atoms with E-state index in [1.54, 1.807) is 0 Å². The lowest BCUT2D eigenvalue weighted by Gasteiger charge is -2.08. The molecule has 0 aliphatic heterocycles. The molecule has 18 heavy (non-hydrogen) atoms. The van der Waals surface area contributed by atoms with Crippen LogP contribution in [0.25, 0.3) is 0 Å². The molecule has 0 amide bonds. The van der Waals surface area contributed by atoms with E-state index in [-0.39, 0.29) is 0 Å². The normalized spacial score (nSPS) is 10.6. The van der Waals surface area contributed by atoms with E-state index in [0.717, 1.165) is 31.9 Å². The Balaban J connectivity index is 2.26. The van der Waals surface area contributed by atoms with Crippen LogP contribution >= 0.6 is 11.8 Å². The molecule has 0 spiro atoms. The molecule has 0 unspecified atom stereocenters. The molecule has 0 atom stereocenters. The Morgan fingerprint density at radius 2 is 2.17 bits per heavy atom. The summed E-state index contributed by atoms with van der Waals surface area (Å²) in [7, 11) is 0. The highest BCUT2D eigenvalue weighted by Crippen LogP contribution is 2.14. The van der Waals surface area contributed by atoms with Gasteiger partial charge in [-0.05, 0) is 48.6 Å². The summed E-state index contributed by atoms with van der Waals surface area (Å²) in [4.78, 5) is 0. The van der Waals surface area contributed by atoms with Gasteiger partial charge in [-0.2, -0.15) is 11.8 Å². The SMILES string of the molecule is CCCNCc1cccc(OCCCSCC)c1. The van der Waals surface area contributed by atoms with Crippen LogP contribution < -0.4 is 10.1 Å². The molecule has 1 rings (SSSR count). The molecule has 0 saturated heterocycles. The van der Waals surface area contributed by atoms with Gasteiger partial charge in [-0.3, -0.25) is 0 Å². The van der Waals surface area contributed by atoms with E-state index in [2.05, 4.69) is 37.4 Å². The molecule has 102 valence electrons. The molecule has 0 heterocycles. The molecule has 0 aliphatic carbocycles. The van der Waals surface area contributed by atoms with Crippen LogP contribution in [-0.4, -0.2) is 24.7 Å². The molecule has 1 aromatic rings. The van der Waals surface area contributed by atoms with Crippen molar-refractivity contribution in [2.45, 2.75) is 33.2 Å². The lowest BCUT2D eigenvalue weighted by Crippen LogP contribution is -2.13. The van der Waals surface area contributed by atoms with E-state index in [1.165, 1.54) is 23.5 Å². The predicted molar refractivity (Wildman–Crippen MR) is 81.6 cm³/mol. The minimum atomic E-state index is 0.818. The topological polar surface area (TPSA) is 21.3 Å². The summed E-state index contributed by atoms with van der Waals surface area (Å²) in [6.07, 6.45) is 2.29. The van der Waals surface area contributed by atoms with Gasteiger partial charge >= 0.3 is 0 Å². The molecule has 0 aromatic heterocycles. The number of benzene rings is 1. The van der Waals surface area contributed by atoms with Crippen LogP contribution in [0, 0.1) is 0 Å². The Morgan fingerprint density at radius 3 is 2.94 bits per heavy atom. The minimum Gasteiger partial charge on any atom is -0.494 e. The lowest BCUT2D eigenvalue weighted by atomic mass is 10.2. The molecule has 0 fully saturated rings. The Hall–Kier alpha value is -0.670. The molecule has 0 bridgehead atoms. The molecule has 1 N–H and O–H groups in total. The van der Waals surface area contributed by atoms with Gasteiger partial charge in [-0.1, -0.05) is 26.0 Å². The van der Waals surface area contributed by atoms with Crippen LogP contribution in [0.2, 0.25) is 0 Å². The van der Waals surface area contributed by atoms with Crippen LogP contribution in [0.4, 0.5) is 0 Å². The second kappa shape index (κ2) is 10.3. The summed E-state index contributed by atoms with van der Waals surface area (Å²) >= 11 is 1.97. The highest BCUT2D eigenvalue weighted by Gasteiger charge is 1.97. The van der Waals surface area contributed by atoms with Gasteiger partial charge in [0.25, 0.3) is 0 Å². The molecular formula is C15H25NOS. The summed E-state index contributed by atoms with van der Waals surface area (Å²) in [5.41, 5.74) is 1.30. The standard InChI is InChI=1S/C15H25NOS/c1-3-9-16-13-14-7-5-8-15(12-14)17-10-6-11-18-4-2/h5,7-8,12,16H,3-4,6,9-11,13H2,1-2H3. The zero-order valence-corrected chi connectivity index (χ0v) is 12.4. The van der Waals surface area contributed by atoms with Crippen molar-refractivity contribution in [3.8, 4) is 5.75 Å². The van der Waals surface area contributed by atoms with Gasteiger partial charge in [0.15, 0.2) is 0 Å². The van der Waals surface area contributed by atoms with Crippen molar-refractivity contribution >= 4 is 11.8 Å². The van der Waals surface area contributed by atoms with Gasteiger partial charge < -0.3 is 10.1 Å². The molecule has 2 nitrogen and oxygen atoms in total. The third kappa shape index (κ3) is 6.92. The summed E-state index contributed by atoms with van der Waals surface area (Å²) in [5, 5.41) is 3.40. The maximum Gasteiger partial charge on any atom is 0.119 e. The van der Waals surface area contributed by atoms with E-state index in [4.69, 9.17) is 4.74 Å². The number of ether oxygens (including phenoxy) is 1. The predicted octanol–water partition coefficient (Wildman–Crippen LogP) is 3.71. The first-order valence-corrected chi connectivity index (χ1v) is 8.02. The van der Waals surface area contributed by atoms with Crippen LogP contribution in [0.15, 0.2) is 24.3 Å². The average Bonchev–Trinajstić information content (AvgIpc) is 2.39. The first-order chi connectivity index (χ1) is 8.86. The average molecular weight is 267 g/mol. The van der Waals surface area contributed by atoms with Crippen LogP contribution in [0.5, 0.6) is 5.75 Å². The summed E-state index contributed by atoms with van der Waals surface area (Å²) in [6.45, 7) is 7.19. The molecule has 1 aromatic carbocycles. The third-order valence-electron chi connectivity index (χ3n) is 2.56. The van der Waals surface area contributed by atoms with Crippen molar-refractivity contribution in [3.63, 3.8) is 0 Å². The molecule has 0 aliphatic rings. The zero-order valence-electron chi connectivity index (χ0n) is 11.6. The zero-order chi connectivity index (χ0) is 13.1. The maximum absolute atomic E-state index is 5.76. The largest absolute Gasteiger partial charge is 0.494 e. The number of rotatable bonds is 10. The first-order valence-electron chi connectivity index (χ1n) is 6.87. The van der Waals surface area contributed by atoms with Crippen molar-refractivity contribution in [1.29, 1.82) is 0 Å². The highest BCUT2D eigenvalue weighted by molar-refractivity contribution is 7.99. The summed E-state index contributed by atoms with van der Waals surface area (Å²) in [5.74, 6) is 3.37. The van der Waals surface area contributed by atoms with Gasteiger partial charge in [0.05, 0.1) is 6.61 Å². The Labute approximate surface area is 116 Å².